The van der Waals surface area contributed by atoms with Crippen molar-refractivity contribution in [3.63, 3.8) is 0 Å². The second-order valence-corrected chi connectivity index (χ2v) is 9.10. The van der Waals surface area contributed by atoms with E-state index in [1.54, 1.807) is 23.7 Å². The molecule has 0 saturated carbocycles. The highest BCUT2D eigenvalue weighted by atomic mass is 35.5. The summed E-state index contributed by atoms with van der Waals surface area (Å²) in [7, 11) is 3.01. The Kier molecular flexibility index (Phi) is 5.97. The van der Waals surface area contributed by atoms with Gasteiger partial charge in [-0.3, -0.25) is 9.36 Å². The molecule has 0 aliphatic carbocycles. The number of nitrogens with one attached hydrogen (secondary N) is 2. The number of hydrogen-bond acceptors (Lipinski definition) is 6. The summed E-state index contributed by atoms with van der Waals surface area (Å²) >= 11 is 6.01. The van der Waals surface area contributed by atoms with E-state index in [0.29, 0.717) is 22.4 Å². The average molecular weight is 502 g/mol. The highest BCUT2D eigenvalue weighted by Gasteiger charge is 2.21. The summed E-state index contributed by atoms with van der Waals surface area (Å²) in [6.45, 7) is 3.87. The number of fused-ring (bicyclic) bond motifs is 2. The number of aromatic nitrogens is 4. The lowest BCUT2D eigenvalue weighted by Crippen LogP contribution is -2.22. The molecule has 1 atom stereocenters. The van der Waals surface area contributed by atoms with Crippen LogP contribution in [0.3, 0.4) is 0 Å². The maximum absolute atomic E-state index is 13.4. The first-order valence-corrected chi connectivity index (χ1v) is 11.8. The fourth-order valence-electron chi connectivity index (χ4n) is 4.43. The molecule has 0 amide bonds. The molecule has 182 valence electrons. The molecule has 5 rings (SSSR count). The molecule has 8 nitrogen and oxygen atoms in total. The molecule has 0 saturated heterocycles. The van der Waals surface area contributed by atoms with Crippen LogP contribution >= 0.6 is 11.6 Å². The van der Waals surface area contributed by atoms with Crippen LogP contribution in [0.25, 0.3) is 33.3 Å². The van der Waals surface area contributed by atoms with Gasteiger partial charge in [-0.1, -0.05) is 35.9 Å². The van der Waals surface area contributed by atoms with Crippen molar-refractivity contribution in [1.29, 1.82) is 0 Å². The summed E-state index contributed by atoms with van der Waals surface area (Å²) in [4.78, 5) is 38.2. The number of H-pyrrole nitrogens is 1. The number of rotatable bonds is 5. The monoisotopic (exact) mass is 501 g/mol. The molecular formula is C27H24ClN5O3. The van der Waals surface area contributed by atoms with Gasteiger partial charge in [-0.05, 0) is 49.7 Å². The summed E-state index contributed by atoms with van der Waals surface area (Å²) in [6, 6.07) is 16.7. The Hall–Kier alpha value is -4.17. The van der Waals surface area contributed by atoms with Gasteiger partial charge in [0.1, 0.15) is 5.15 Å². The summed E-state index contributed by atoms with van der Waals surface area (Å²) < 4.78 is 6.43. The standard InChI is InChI=1S/C27H24ClN5O3/c1-14-11-17(15(2)29-20-9-10-22(28)31-24(20)27(35)36-4)23-18(12-14)26(34)33(3)25(32-23)21-13-16-7-5-6-8-19(16)30-21/h5-13,15,29-30H,1-4H3/t15-/m1/s1. The lowest BCUT2D eigenvalue weighted by atomic mass is 10.0. The third kappa shape index (κ3) is 4.09. The second kappa shape index (κ2) is 9.13. The van der Waals surface area contributed by atoms with Crippen LogP contribution < -0.4 is 10.9 Å². The molecule has 0 unspecified atom stereocenters. The van der Waals surface area contributed by atoms with Crippen molar-refractivity contribution < 1.29 is 9.53 Å². The molecule has 0 fully saturated rings. The van der Waals surface area contributed by atoms with E-state index in [9.17, 15) is 9.59 Å². The van der Waals surface area contributed by atoms with E-state index in [1.807, 2.05) is 56.3 Å². The molecule has 3 heterocycles. The van der Waals surface area contributed by atoms with Gasteiger partial charge in [0, 0.05) is 23.5 Å². The zero-order valence-corrected chi connectivity index (χ0v) is 21.0. The SMILES string of the molecule is COC(=O)c1nc(Cl)ccc1N[C@H](C)c1cc(C)cc2c(=O)n(C)c(-c3cc4ccccc4[nH]3)nc12. The number of halogens is 1. The van der Waals surface area contributed by atoms with Crippen LogP contribution in [0.5, 0.6) is 0 Å². The van der Waals surface area contributed by atoms with Gasteiger partial charge in [-0.25, -0.2) is 14.8 Å². The van der Waals surface area contributed by atoms with Gasteiger partial charge in [-0.2, -0.15) is 0 Å². The minimum atomic E-state index is -0.602. The van der Waals surface area contributed by atoms with Crippen molar-refractivity contribution in [3.05, 3.63) is 86.9 Å². The van der Waals surface area contributed by atoms with Gasteiger partial charge in [0.05, 0.1) is 35.4 Å². The lowest BCUT2D eigenvalue weighted by molar-refractivity contribution is 0.0595. The van der Waals surface area contributed by atoms with Gasteiger partial charge >= 0.3 is 5.97 Å². The topological polar surface area (TPSA) is 102 Å². The highest BCUT2D eigenvalue weighted by Crippen LogP contribution is 2.30. The summed E-state index contributed by atoms with van der Waals surface area (Å²) in [5, 5.41) is 5.06. The minimum absolute atomic E-state index is 0.0800. The van der Waals surface area contributed by atoms with E-state index in [2.05, 4.69) is 15.3 Å². The summed E-state index contributed by atoms with van der Waals surface area (Å²) in [6.07, 6.45) is 0. The Morgan fingerprint density at radius 2 is 1.92 bits per heavy atom. The number of carbonyl (C=O) groups excluding carboxylic acids is 1. The molecule has 5 aromatic rings. The number of benzene rings is 2. The number of methoxy groups -OCH3 is 1. The van der Waals surface area contributed by atoms with Gasteiger partial charge < -0.3 is 15.0 Å². The van der Waals surface area contributed by atoms with Crippen LogP contribution in [-0.2, 0) is 11.8 Å². The minimum Gasteiger partial charge on any atom is -0.464 e. The van der Waals surface area contributed by atoms with Crippen LogP contribution in [0.4, 0.5) is 5.69 Å². The van der Waals surface area contributed by atoms with Crippen LogP contribution in [0.15, 0.2) is 59.4 Å². The third-order valence-corrected chi connectivity index (χ3v) is 6.41. The summed E-state index contributed by atoms with van der Waals surface area (Å²) in [5.41, 5.74) is 4.43. The van der Waals surface area contributed by atoms with Crippen molar-refractivity contribution in [3.8, 4) is 11.5 Å². The normalized spacial score (nSPS) is 12.1. The number of anilines is 1. The van der Waals surface area contributed by atoms with Crippen LogP contribution in [0.1, 0.15) is 34.6 Å². The zero-order chi connectivity index (χ0) is 25.6. The maximum atomic E-state index is 13.4. The average Bonchev–Trinajstić information content (AvgIpc) is 3.30. The molecular weight excluding hydrogens is 478 g/mol. The molecule has 0 spiro atoms. The van der Waals surface area contributed by atoms with Gasteiger partial charge in [0.2, 0.25) is 0 Å². The molecule has 0 aliphatic heterocycles. The Balaban J connectivity index is 1.66. The Morgan fingerprint density at radius 3 is 2.67 bits per heavy atom. The quantitative estimate of drug-likeness (QED) is 0.247. The number of aromatic amines is 1. The van der Waals surface area contributed by atoms with Crippen molar-refractivity contribution in [2.75, 3.05) is 12.4 Å². The molecule has 0 aliphatic rings. The Morgan fingerprint density at radius 1 is 1.14 bits per heavy atom. The molecule has 2 N–H and O–H groups in total. The van der Waals surface area contributed by atoms with Crippen molar-refractivity contribution in [2.24, 2.45) is 7.05 Å². The number of para-hydroxylation sites is 1. The molecule has 2 aromatic carbocycles. The Labute approximate surface area is 211 Å². The number of aryl methyl sites for hydroxylation is 1. The first-order chi connectivity index (χ1) is 17.3. The Bertz CT molecular complexity index is 1670. The third-order valence-electron chi connectivity index (χ3n) is 6.20. The van der Waals surface area contributed by atoms with E-state index < -0.39 is 5.97 Å². The van der Waals surface area contributed by atoms with Crippen molar-refractivity contribution >= 4 is 45.1 Å². The lowest BCUT2D eigenvalue weighted by Gasteiger charge is -2.20. The fourth-order valence-corrected chi connectivity index (χ4v) is 4.58. The molecule has 9 heteroatoms. The van der Waals surface area contributed by atoms with Crippen LogP contribution in [0.2, 0.25) is 5.15 Å². The second-order valence-electron chi connectivity index (χ2n) is 8.71. The number of esters is 1. The first-order valence-electron chi connectivity index (χ1n) is 11.4. The van der Waals surface area contributed by atoms with Crippen LogP contribution in [-0.4, -0.2) is 32.6 Å². The number of pyridine rings is 1. The van der Waals surface area contributed by atoms with Crippen molar-refractivity contribution in [1.82, 2.24) is 19.5 Å². The number of ether oxygens (including phenoxy) is 1. The van der Waals surface area contributed by atoms with E-state index in [4.69, 9.17) is 21.3 Å². The highest BCUT2D eigenvalue weighted by molar-refractivity contribution is 6.29. The molecule has 0 radical (unpaired) electrons. The molecule has 3 aromatic heterocycles. The number of nitrogens with zero attached hydrogens (tertiary/aromatic N) is 3. The fraction of sp³-hybridized carbons (Fsp3) is 0.185. The predicted molar refractivity (Wildman–Crippen MR) is 142 cm³/mol. The molecule has 0 bridgehead atoms. The number of carbonyl (C=O) groups is 1. The molecule has 36 heavy (non-hydrogen) atoms. The van der Waals surface area contributed by atoms with Gasteiger partial charge in [-0.15, -0.1) is 0 Å². The van der Waals surface area contributed by atoms with Gasteiger partial charge in [0.15, 0.2) is 11.5 Å². The predicted octanol–water partition coefficient (Wildman–Crippen LogP) is 5.40. The van der Waals surface area contributed by atoms with Crippen LogP contribution in [0, 0.1) is 6.92 Å². The van der Waals surface area contributed by atoms with Crippen molar-refractivity contribution in [2.45, 2.75) is 19.9 Å². The number of hydrogen-bond donors (Lipinski definition) is 2. The largest absolute Gasteiger partial charge is 0.464 e. The maximum Gasteiger partial charge on any atom is 0.358 e. The smallest absolute Gasteiger partial charge is 0.358 e. The van der Waals surface area contributed by atoms with E-state index in [-0.39, 0.29) is 22.4 Å². The van der Waals surface area contributed by atoms with Gasteiger partial charge in [0.25, 0.3) is 5.56 Å². The summed E-state index contributed by atoms with van der Waals surface area (Å²) in [5.74, 6) is -0.0706. The van der Waals surface area contributed by atoms with E-state index >= 15 is 0 Å². The first kappa shape index (κ1) is 23.6. The van der Waals surface area contributed by atoms with E-state index in [0.717, 1.165) is 27.7 Å². The van der Waals surface area contributed by atoms with E-state index in [1.165, 1.54) is 7.11 Å². The zero-order valence-electron chi connectivity index (χ0n) is 20.2.